The fourth-order valence-corrected chi connectivity index (χ4v) is 2.73. The molecule has 0 aromatic rings. The van der Waals surface area contributed by atoms with Crippen LogP contribution >= 0.6 is 0 Å². The summed E-state index contributed by atoms with van der Waals surface area (Å²) in [7, 11) is 1.89. The third-order valence-electron chi connectivity index (χ3n) is 4.06. The highest BCUT2D eigenvalue weighted by Gasteiger charge is 2.45. The predicted octanol–water partition coefficient (Wildman–Crippen LogP) is 1.39. The average Bonchev–Trinajstić information content (AvgIpc) is 3.01. The van der Waals surface area contributed by atoms with Crippen molar-refractivity contribution in [2.24, 2.45) is 5.92 Å². The Bertz CT molecular complexity index is 258. The van der Waals surface area contributed by atoms with Crippen LogP contribution in [0.5, 0.6) is 0 Å². The maximum atomic E-state index is 12.2. The molecule has 1 saturated carbocycles. The Kier molecular flexibility index (Phi) is 2.75. The quantitative estimate of drug-likeness (QED) is 0.763. The summed E-state index contributed by atoms with van der Waals surface area (Å²) in [5.74, 6) is 1.04. The van der Waals surface area contributed by atoms with Crippen LogP contribution in [0.25, 0.3) is 0 Å². The van der Waals surface area contributed by atoms with Crippen LogP contribution in [0.15, 0.2) is 0 Å². The summed E-state index contributed by atoms with van der Waals surface area (Å²) in [5, 5.41) is 3.12. The fourth-order valence-electron chi connectivity index (χ4n) is 2.73. The van der Waals surface area contributed by atoms with Crippen molar-refractivity contribution in [1.29, 1.82) is 0 Å². The minimum absolute atomic E-state index is 0.0526. The van der Waals surface area contributed by atoms with Gasteiger partial charge in [0.15, 0.2) is 0 Å². The van der Waals surface area contributed by atoms with Crippen LogP contribution in [0.1, 0.15) is 39.5 Å². The Hall–Kier alpha value is -0.570. The van der Waals surface area contributed by atoms with Crippen molar-refractivity contribution in [3.63, 3.8) is 0 Å². The number of carbonyl (C=O) groups excluding carboxylic acids is 1. The molecule has 3 nitrogen and oxygen atoms in total. The lowest BCUT2D eigenvalue weighted by atomic mass is 9.91. The minimum Gasteiger partial charge on any atom is -0.336 e. The van der Waals surface area contributed by atoms with Crippen molar-refractivity contribution in [3.05, 3.63) is 0 Å². The second-order valence-electron chi connectivity index (χ2n) is 5.40. The van der Waals surface area contributed by atoms with Gasteiger partial charge in [-0.05, 0) is 52.5 Å². The monoisotopic (exact) mass is 210 g/mol. The van der Waals surface area contributed by atoms with Gasteiger partial charge in [0, 0.05) is 12.1 Å². The molecule has 1 aliphatic heterocycles. The Morgan fingerprint density at radius 3 is 2.53 bits per heavy atom. The van der Waals surface area contributed by atoms with Crippen molar-refractivity contribution in [2.45, 2.75) is 51.1 Å². The Labute approximate surface area is 92.2 Å². The maximum absolute atomic E-state index is 12.2. The second kappa shape index (κ2) is 3.78. The van der Waals surface area contributed by atoms with Gasteiger partial charge >= 0.3 is 0 Å². The number of piperidine rings is 1. The molecule has 0 aromatic heterocycles. The van der Waals surface area contributed by atoms with Crippen molar-refractivity contribution < 1.29 is 4.79 Å². The first kappa shape index (κ1) is 10.9. The highest BCUT2D eigenvalue weighted by molar-refractivity contribution is 5.83. The molecule has 0 bridgehead atoms. The first-order valence-corrected chi connectivity index (χ1v) is 6.06. The lowest BCUT2D eigenvalue weighted by Gasteiger charge is -2.43. The molecule has 0 spiro atoms. The lowest BCUT2D eigenvalue weighted by Crippen LogP contribution is -2.58. The number of likely N-dealkylation sites (N-methyl/N-ethyl adjacent to an activating group) is 1. The molecule has 1 N–H and O–H groups in total. The predicted molar refractivity (Wildman–Crippen MR) is 60.6 cm³/mol. The summed E-state index contributed by atoms with van der Waals surface area (Å²) < 4.78 is 0. The van der Waals surface area contributed by atoms with Crippen molar-refractivity contribution in [2.75, 3.05) is 13.6 Å². The second-order valence-corrected chi connectivity index (χ2v) is 5.40. The van der Waals surface area contributed by atoms with Gasteiger partial charge in [0.25, 0.3) is 0 Å². The van der Waals surface area contributed by atoms with E-state index in [1.165, 1.54) is 12.8 Å². The molecule has 1 heterocycles. The highest BCUT2D eigenvalue weighted by Crippen LogP contribution is 2.43. The summed E-state index contributed by atoms with van der Waals surface area (Å²) in [6, 6.07) is 0.0526. The van der Waals surface area contributed by atoms with E-state index >= 15 is 0 Å². The van der Waals surface area contributed by atoms with Gasteiger partial charge in [-0.2, -0.15) is 0 Å². The van der Waals surface area contributed by atoms with Gasteiger partial charge < -0.3 is 10.2 Å². The topological polar surface area (TPSA) is 32.3 Å². The van der Waals surface area contributed by atoms with E-state index in [0.717, 1.165) is 25.3 Å². The van der Waals surface area contributed by atoms with Crippen LogP contribution in [-0.2, 0) is 4.79 Å². The van der Waals surface area contributed by atoms with E-state index in [1.54, 1.807) is 0 Å². The molecule has 2 fully saturated rings. The number of carbonyl (C=O) groups is 1. The normalized spacial score (nSPS) is 28.3. The number of hydrogen-bond acceptors (Lipinski definition) is 2. The van der Waals surface area contributed by atoms with Gasteiger partial charge in [-0.1, -0.05) is 0 Å². The summed E-state index contributed by atoms with van der Waals surface area (Å²) in [6.07, 6.45) is 4.71. The molecule has 2 rings (SSSR count). The Morgan fingerprint density at radius 2 is 2.00 bits per heavy atom. The first-order valence-electron chi connectivity index (χ1n) is 6.06. The van der Waals surface area contributed by atoms with Gasteiger partial charge in [0.2, 0.25) is 5.91 Å². The van der Waals surface area contributed by atoms with Gasteiger partial charge in [-0.3, -0.25) is 4.79 Å². The lowest BCUT2D eigenvalue weighted by molar-refractivity contribution is -0.142. The molecule has 2 aliphatic rings. The third-order valence-corrected chi connectivity index (χ3v) is 4.06. The number of rotatable bonds is 3. The van der Waals surface area contributed by atoms with Crippen LogP contribution in [0.2, 0.25) is 0 Å². The zero-order valence-electron chi connectivity index (χ0n) is 10.0. The van der Waals surface area contributed by atoms with Crippen LogP contribution in [0.3, 0.4) is 0 Å². The number of nitrogens with one attached hydrogen (secondary N) is 1. The SMILES string of the molecule is CNC1CCCN(C(C)(C)C2CC2)C1=O. The molecular formula is C12H22N2O. The van der Waals surface area contributed by atoms with E-state index < -0.39 is 0 Å². The van der Waals surface area contributed by atoms with E-state index in [4.69, 9.17) is 0 Å². The summed E-state index contributed by atoms with van der Waals surface area (Å²) in [5.41, 5.74) is 0.0760. The molecule has 0 aromatic carbocycles. The molecule has 1 unspecified atom stereocenters. The molecule has 1 aliphatic carbocycles. The van der Waals surface area contributed by atoms with E-state index in [2.05, 4.69) is 24.1 Å². The average molecular weight is 210 g/mol. The maximum Gasteiger partial charge on any atom is 0.240 e. The molecule has 86 valence electrons. The van der Waals surface area contributed by atoms with Crippen LogP contribution in [-0.4, -0.2) is 36.0 Å². The molecule has 1 atom stereocenters. The Balaban J connectivity index is 2.10. The van der Waals surface area contributed by atoms with Gasteiger partial charge in [-0.15, -0.1) is 0 Å². The van der Waals surface area contributed by atoms with E-state index in [0.29, 0.717) is 5.91 Å². The number of amides is 1. The molecular weight excluding hydrogens is 188 g/mol. The van der Waals surface area contributed by atoms with Crippen molar-refractivity contribution in [1.82, 2.24) is 10.2 Å². The summed E-state index contributed by atoms with van der Waals surface area (Å²) in [4.78, 5) is 14.3. The molecule has 1 saturated heterocycles. The van der Waals surface area contributed by atoms with E-state index in [1.807, 2.05) is 7.05 Å². The molecule has 1 amide bonds. The standard InChI is InChI=1S/C12H22N2O/c1-12(2,9-6-7-9)14-8-4-5-10(13-3)11(14)15/h9-10,13H,4-8H2,1-3H3. The van der Waals surface area contributed by atoms with Crippen molar-refractivity contribution in [3.8, 4) is 0 Å². The first-order chi connectivity index (χ1) is 7.07. The number of likely N-dealkylation sites (tertiary alicyclic amines) is 1. The zero-order valence-corrected chi connectivity index (χ0v) is 10.0. The molecule has 0 radical (unpaired) electrons. The molecule has 15 heavy (non-hydrogen) atoms. The zero-order chi connectivity index (χ0) is 11.1. The van der Waals surface area contributed by atoms with E-state index in [-0.39, 0.29) is 11.6 Å². The van der Waals surface area contributed by atoms with Crippen LogP contribution in [0, 0.1) is 5.92 Å². The highest BCUT2D eigenvalue weighted by atomic mass is 16.2. The largest absolute Gasteiger partial charge is 0.336 e. The van der Waals surface area contributed by atoms with Crippen LogP contribution < -0.4 is 5.32 Å². The van der Waals surface area contributed by atoms with Gasteiger partial charge in [-0.25, -0.2) is 0 Å². The number of nitrogens with zero attached hydrogens (tertiary/aromatic N) is 1. The summed E-state index contributed by atoms with van der Waals surface area (Å²) >= 11 is 0. The minimum atomic E-state index is 0.0526. The third kappa shape index (κ3) is 1.89. The fraction of sp³-hybridized carbons (Fsp3) is 0.917. The van der Waals surface area contributed by atoms with Gasteiger partial charge in [0.1, 0.15) is 0 Å². The summed E-state index contributed by atoms with van der Waals surface area (Å²) in [6.45, 7) is 5.39. The van der Waals surface area contributed by atoms with E-state index in [9.17, 15) is 4.79 Å². The van der Waals surface area contributed by atoms with Crippen LogP contribution in [0.4, 0.5) is 0 Å². The van der Waals surface area contributed by atoms with Gasteiger partial charge in [0.05, 0.1) is 6.04 Å². The Morgan fingerprint density at radius 1 is 1.33 bits per heavy atom. The van der Waals surface area contributed by atoms with Crippen molar-refractivity contribution >= 4 is 5.91 Å². The number of hydrogen-bond donors (Lipinski definition) is 1. The smallest absolute Gasteiger partial charge is 0.240 e. The molecule has 3 heteroatoms.